The smallest absolute Gasteiger partial charge is 0.343 e. The molecule has 12 N–H and O–H groups in total. The molecule has 0 aliphatic carbocycles. The Kier molecular flexibility index (Phi) is 24.6. The first kappa shape index (κ1) is 84.3. The van der Waals surface area contributed by atoms with Gasteiger partial charge in [-0.15, -0.1) is 0 Å². The Morgan fingerprint density at radius 1 is 0.430 bits per heavy atom. The number of ether oxygens (including phenoxy) is 1. The van der Waals surface area contributed by atoms with Crippen molar-refractivity contribution < 1.29 is 67.4 Å². The predicted octanol–water partition coefficient (Wildman–Crippen LogP) is 7.06. The average Bonchev–Trinajstić information content (AvgIpc) is 1.63. The third-order valence-electron chi connectivity index (χ3n) is 21.1. The summed E-state index contributed by atoms with van der Waals surface area (Å²) in [6.45, 7) is 3.44. The molecule has 0 saturated carbocycles. The summed E-state index contributed by atoms with van der Waals surface area (Å²) in [5, 5.41) is 43.0. The van der Waals surface area contributed by atoms with Crippen LogP contribution in [-0.4, -0.2) is 167 Å². The second-order valence-electron chi connectivity index (χ2n) is 30.5. The minimum Gasteiger partial charge on any atom is -0.458 e. The predicted molar refractivity (Wildman–Crippen MR) is 451 cm³/mol. The molecule has 2 aliphatic rings. The number of carbonyl (C=O) groups is 12. The average molecular weight is 1650 g/mol. The van der Waals surface area contributed by atoms with Gasteiger partial charge >= 0.3 is 5.97 Å². The highest BCUT2D eigenvalue weighted by atomic mass is 16.6. The van der Waals surface area contributed by atoms with Crippen molar-refractivity contribution in [2.75, 3.05) is 82.8 Å². The van der Waals surface area contributed by atoms with Gasteiger partial charge in [0.15, 0.2) is 5.60 Å². The molecular weight excluding hydrogens is 1560 g/mol. The lowest BCUT2D eigenvalue weighted by Gasteiger charge is -2.31. The highest BCUT2D eigenvalue weighted by Crippen LogP contribution is 2.39. The zero-order chi connectivity index (χ0) is 86.6. The maximum absolute atomic E-state index is 13.7. The van der Waals surface area contributed by atoms with Gasteiger partial charge in [-0.3, -0.25) is 57.5 Å². The molecule has 0 saturated heterocycles. The maximum atomic E-state index is 13.7. The standard InChI is InChI=1S/C84H94N22O15/c1-12-84(120)59-36-61-72-49(37-106(61)82(118)58(59)46-121-83(84)119)27-48-26-47(20-21-60(48)96-72)73(109)85-22-15-13-14-18-70(107)88-50-28-64(100(6)38-50)76(112)92-54-32-68(104(10)42-54)80(116)94-56-34-66(102(8)44-56)78(114)90-52-30-62(98(4)40-52)74(110)86-23-16-19-71(108)89-51-29-65(101(7)39-51)77(113)93-55-33-69(105(11)43-55)81(117)95-57-35-67(103(9)45-57)79(115)91-53-31-63(99(5)41-53)75(111)87-24-17-25-97(2)3/h20-21,26-36,38-45,120H,12-19,22-25,37,46H2,1-11H3,(H,85,109)(H,86,110)(H,87,111)(H,88,107)(H,89,108)(H,90,114)(H,91,115)(H,92,112)(H,93,113)(H,94,116)(H,95,117)/t84-/m1/s1. The summed E-state index contributed by atoms with van der Waals surface area (Å²) in [4.78, 5) is 180. The fraction of sp³-hybridized carbons (Fsp3) is 0.310. The molecule has 12 heterocycles. The number of rotatable bonds is 32. The molecule has 37 nitrogen and oxygen atoms in total. The number of unbranched alkanes of at least 4 members (excludes halogenated alkanes) is 2. The monoisotopic (exact) mass is 1650 g/mol. The molecule has 11 aromatic rings. The van der Waals surface area contributed by atoms with Crippen LogP contribution in [-0.2, 0) is 94.3 Å². The molecule has 2 aliphatic heterocycles. The Hall–Kier alpha value is -14.6. The van der Waals surface area contributed by atoms with Crippen LogP contribution in [0.25, 0.3) is 22.3 Å². The lowest BCUT2D eigenvalue weighted by atomic mass is 9.86. The third kappa shape index (κ3) is 18.7. The van der Waals surface area contributed by atoms with Crippen LogP contribution in [0.5, 0.6) is 0 Å². The minimum absolute atomic E-state index is 0.0150. The Morgan fingerprint density at radius 3 is 1.17 bits per heavy atom. The number of benzene rings is 1. The molecule has 0 unspecified atom stereocenters. The number of nitrogens with one attached hydrogen (secondary N) is 11. The number of aliphatic hydroxyl groups is 1. The zero-order valence-corrected chi connectivity index (χ0v) is 68.6. The molecule has 1 atom stereocenters. The van der Waals surface area contributed by atoms with Crippen molar-refractivity contribution in [1.29, 1.82) is 0 Å². The quantitative estimate of drug-likeness (QED) is 0.0148. The lowest BCUT2D eigenvalue weighted by molar-refractivity contribution is -0.172. The Morgan fingerprint density at radius 2 is 0.785 bits per heavy atom. The number of aryl methyl sites for hydroxylation is 8. The number of hydrogen-bond donors (Lipinski definition) is 12. The number of fused-ring (bicyclic) bond motifs is 5. The van der Waals surface area contributed by atoms with Crippen molar-refractivity contribution in [3.63, 3.8) is 0 Å². The van der Waals surface area contributed by atoms with E-state index in [1.165, 1.54) is 65.3 Å². The summed E-state index contributed by atoms with van der Waals surface area (Å²) in [5.74, 6) is -5.56. The second-order valence-corrected chi connectivity index (χ2v) is 30.5. The highest BCUT2D eigenvalue weighted by Gasteiger charge is 2.45. The zero-order valence-electron chi connectivity index (χ0n) is 68.6. The van der Waals surface area contributed by atoms with Crippen LogP contribution in [0.4, 0.5) is 45.5 Å². The summed E-state index contributed by atoms with van der Waals surface area (Å²) < 4.78 is 19.1. The van der Waals surface area contributed by atoms with Gasteiger partial charge in [-0.2, -0.15) is 0 Å². The van der Waals surface area contributed by atoms with Crippen molar-refractivity contribution >= 4 is 127 Å². The number of amides is 11. The maximum Gasteiger partial charge on any atom is 0.343 e. The highest BCUT2D eigenvalue weighted by molar-refractivity contribution is 6.11. The molecule has 10 aromatic heterocycles. The van der Waals surface area contributed by atoms with Crippen LogP contribution in [0.15, 0.2) is 133 Å². The van der Waals surface area contributed by atoms with E-state index in [2.05, 4.69) is 58.5 Å². The van der Waals surface area contributed by atoms with Crippen LogP contribution in [0.3, 0.4) is 0 Å². The first-order chi connectivity index (χ1) is 57.7. The molecule has 0 spiro atoms. The van der Waals surface area contributed by atoms with Crippen LogP contribution in [0.1, 0.15) is 169 Å². The van der Waals surface area contributed by atoms with Crippen molar-refractivity contribution in [3.8, 4) is 11.4 Å². The van der Waals surface area contributed by atoms with E-state index in [4.69, 9.17) is 9.72 Å². The first-order valence-corrected chi connectivity index (χ1v) is 39.1. The number of cyclic esters (lactones) is 1. The van der Waals surface area contributed by atoms with Gasteiger partial charge in [0, 0.05) is 161 Å². The Balaban J connectivity index is 0.502. The number of anilines is 8. The van der Waals surface area contributed by atoms with Crippen molar-refractivity contribution in [2.24, 2.45) is 56.4 Å². The second kappa shape index (κ2) is 35.3. The van der Waals surface area contributed by atoms with Gasteiger partial charge in [0.1, 0.15) is 52.2 Å². The van der Waals surface area contributed by atoms with E-state index in [1.807, 2.05) is 25.1 Å². The van der Waals surface area contributed by atoms with Crippen LogP contribution < -0.4 is 64.0 Å². The van der Waals surface area contributed by atoms with Crippen molar-refractivity contribution in [2.45, 2.75) is 77.0 Å². The van der Waals surface area contributed by atoms with E-state index in [0.717, 1.165) is 18.5 Å². The normalized spacial score (nSPS) is 13.2. The summed E-state index contributed by atoms with van der Waals surface area (Å²) in [6, 6.07) is 20.7. The molecular formula is C84H94N22O15. The van der Waals surface area contributed by atoms with Gasteiger partial charge in [-0.25, -0.2) is 9.78 Å². The van der Waals surface area contributed by atoms with Crippen molar-refractivity contribution in [3.05, 3.63) is 207 Å². The van der Waals surface area contributed by atoms with E-state index in [9.17, 15) is 67.4 Å². The number of pyridine rings is 2. The number of hydrogen-bond acceptors (Lipinski definition) is 17. The third-order valence-corrected chi connectivity index (χ3v) is 21.1. The Bertz CT molecular complexity index is 6080. The van der Waals surface area contributed by atoms with Gasteiger partial charge < -0.3 is 114 Å². The molecule has 0 bridgehead atoms. The topological polar surface area (TPSA) is 444 Å². The van der Waals surface area contributed by atoms with Crippen LogP contribution in [0, 0.1) is 0 Å². The minimum atomic E-state index is -1.94. The van der Waals surface area contributed by atoms with Crippen LogP contribution in [0.2, 0.25) is 0 Å². The van der Waals surface area contributed by atoms with E-state index >= 15 is 0 Å². The van der Waals surface area contributed by atoms with Gasteiger partial charge in [-0.05, 0) is 132 Å². The van der Waals surface area contributed by atoms with E-state index in [1.54, 1.807) is 161 Å². The number of aromatic nitrogens is 10. The van der Waals surface area contributed by atoms with Gasteiger partial charge in [0.25, 0.3) is 58.7 Å². The van der Waals surface area contributed by atoms with E-state index < -0.39 is 52.9 Å². The number of carbonyl (C=O) groups excluding carboxylic acids is 12. The summed E-state index contributed by atoms with van der Waals surface area (Å²) in [6.07, 6.45) is 15.7. The largest absolute Gasteiger partial charge is 0.458 e. The molecule has 11 amide bonds. The van der Waals surface area contributed by atoms with Crippen molar-refractivity contribution in [1.82, 2.24) is 66.9 Å². The summed E-state index contributed by atoms with van der Waals surface area (Å²) in [5.41, 5.74) is 5.48. The fourth-order valence-electron chi connectivity index (χ4n) is 14.7. The van der Waals surface area contributed by atoms with Gasteiger partial charge in [0.2, 0.25) is 11.8 Å². The SMILES string of the molecule is CC[C@]1(O)C(=O)OCc2c1cc1n(c2=O)Cc2cc3cc(C(=O)NCCCCCC(=O)Nc4cc(C(=O)Nc5cc(C(=O)Nc6cc(C(=O)Nc7cc(C(=O)NCCCC(=O)Nc8cc(C(=O)Nc9cc(C(=O)Nc%10cc(C(=O)Nc%11cc(C(=O)NCCCN(C)C)n(C)c%11)n(C)c%10)n(C)c9)n(C)c8)n(C)c7)n(C)c6)n(C)c5)n(C)c4)ccc3nc2-1. The molecule has 37 heteroatoms. The summed E-state index contributed by atoms with van der Waals surface area (Å²) >= 11 is 0. The fourth-order valence-corrected chi connectivity index (χ4v) is 14.7. The van der Waals surface area contributed by atoms with E-state index in [0.29, 0.717) is 111 Å². The number of nitrogens with zero attached hydrogens (tertiary/aromatic N) is 11. The van der Waals surface area contributed by atoms with Gasteiger partial charge in [-0.1, -0.05) is 13.3 Å². The molecule has 0 radical (unpaired) electrons. The van der Waals surface area contributed by atoms with Crippen LogP contribution >= 0.6 is 0 Å². The molecule has 1 aromatic carbocycles. The number of esters is 1. The molecule has 121 heavy (non-hydrogen) atoms. The Labute approximate surface area is 692 Å². The van der Waals surface area contributed by atoms with E-state index in [-0.39, 0.29) is 126 Å². The first-order valence-electron chi connectivity index (χ1n) is 39.1. The molecule has 0 fully saturated rings. The molecule has 630 valence electrons. The summed E-state index contributed by atoms with van der Waals surface area (Å²) in [7, 11) is 17.1. The lowest BCUT2D eigenvalue weighted by Crippen LogP contribution is -2.44. The van der Waals surface area contributed by atoms with Gasteiger partial charge in [0.05, 0.1) is 74.5 Å². The molecule has 13 rings (SSSR count).